The van der Waals surface area contributed by atoms with E-state index >= 15 is 0 Å². The van der Waals surface area contributed by atoms with E-state index in [1.165, 1.54) is 5.39 Å². The summed E-state index contributed by atoms with van der Waals surface area (Å²) in [6, 6.07) is 26.8. The largest absolute Gasteiger partial charge is 0.490 e. The Morgan fingerprint density at radius 1 is 0.697 bits per heavy atom. The zero-order valence-electron chi connectivity index (χ0n) is 18.2. The maximum atomic E-state index is 12.7. The maximum Gasteiger partial charge on any atom is 0.197 e. The van der Waals surface area contributed by atoms with Gasteiger partial charge < -0.3 is 9.47 Å². The second-order valence-electron chi connectivity index (χ2n) is 7.87. The van der Waals surface area contributed by atoms with Crippen molar-refractivity contribution >= 4 is 28.4 Å². The summed E-state index contributed by atoms with van der Waals surface area (Å²) in [4.78, 5) is 25.4. The molecular formula is C29H22O4. The number of carbonyl (C=O) groups excluding carboxylic acids is 2. The average molecular weight is 434 g/mol. The smallest absolute Gasteiger partial charge is 0.197 e. The van der Waals surface area contributed by atoms with Crippen LogP contribution in [0.5, 0.6) is 11.5 Å². The topological polar surface area (TPSA) is 52.6 Å². The number of rotatable bonds is 6. The Balaban J connectivity index is 1.39. The van der Waals surface area contributed by atoms with Gasteiger partial charge in [-0.05, 0) is 53.1 Å². The molecule has 0 spiro atoms. The predicted octanol–water partition coefficient (Wildman–Crippen LogP) is 6.28. The molecule has 4 aromatic carbocycles. The lowest BCUT2D eigenvalue weighted by atomic mass is 10.1. The van der Waals surface area contributed by atoms with Crippen molar-refractivity contribution in [3.63, 3.8) is 0 Å². The van der Waals surface area contributed by atoms with Crippen molar-refractivity contribution in [1.82, 2.24) is 0 Å². The molecule has 4 nitrogen and oxygen atoms in total. The highest BCUT2D eigenvalue weighted by atomic mass is 16.5. The van der Waals surface area contributed by atoms with Crippen LogP contribution in [-0.2, 0) is 6.61 Å². The number of carbonyl (C=O) groups is 2. The van der Waals surface area contributed by atoms with E-state index in [0.29, 0.717) is 41.4 Å². The molecule has 5 rings (SSSR count). The highest BCUT2D eigenvalue weighted by Crippen LogP contribution is 2.32. The van der Waals surface area contributed by atoms with Crippen molar-refractivity contribution in [3.8, 4) is 11.5 Å². The van der Waals surface area contributed by atoms with Crippen molar-refractivity contribution in [2.24, 2.45) is 0 Å². The fraction of sp³-hybridized carbons (Fsp3) is 0.103. The molecule has 0 saturated heterocycles. The van der Waals surface area contributed by atoms with Gasteiger partial charge in [-0.3, -0.25) is 9.59 Å². The van der Waals surface area contributed by atoms with Crippen LogP contribution >= 0.6 is 0 Å². The Morgan fingerprint density at radius 2 is 1.39 bits per heavy atom. The van der Waals surface area contributed by atoms with Crippen LogP contribution < -0.4 is 9.47 Å². The van der Waals surface area contributed by atoms with Gasteiger partial charge in [0.05, 0.1) is 12.2 Å². The lowest BCUT2D eigenvalue weighted by molar-refractivity contribution is 0.0990. The number of hydrogen-bond donors (Lipinski definition) is 0. The molecule has 0 bridgehead atoms. The van der Waals surface area contributed by atoms with E-state index in [1.807, 2.05) is 31.2 Å². The minimum atomic E-state index is -0.245. The molecule has 0 radical (unpaired) electrons. The van der Waals surface area contributed by atoms with Gasteiger partial charge in [0.25, 0.3) is 0 Å². The molecule has 0 atom stereocenters. The van der Waals surface area contributed by atoms with Crippen LogP contribution in [0.25, 0.3) is 16.8 Å². The van der Waals surface area contributed by atoms with Crippen molar-refractivity contribution in [3.05, 3.63) is 113 Å². The normalized spacial score (nSPS) is 12.7. The summed E-state index contributed by atoms with van der Waals surface area (Å²) in [6.45, 7) is 2.77. The van der Waals surface area contributed by atoms with E-state index < -0.39 is 0 Å². The highest BCUT2D eigenvalue weighted by molar-refractivity contribution is 6.41. The molecule has 1 aliphatic rings. The second kappa shape index (κ2) is 8.75. The van der Waals surface area contributed by atoms with Crippen molar-refractivity contribution in [2.75, 3.05) is 6.61 Å². The first-order valence-corrected chi connectivity index (χ1v) is 10.9. The maximum absolute atomic E-state index is 12.7. The number of fused-ring (bicyclic) bond motifs is 2. The van der Waals surface area contributed by atoms with Gasteiger partial charge in [0, 0.05) is 11.1 Å². The number of benzene rings is 4. The lowest BCUT2D eigenvalue weighted by Gasteiger charge is -2.13. The summed E-state index contributed by atoms with van der Waals surface area (Å²) < 4.78 is 11.9. The summed E-state index contributed by atoms with van der Waals surface area (Å²) in [5.41, 5.74) is 2.84. The van der Waals surface area contributed by atoms with Crippen LogP contribution in [0.3, 0.4) is 0 Å². The molecule has 0 saturated carbocycles. The first kappa shape index (κ1) is 20.7. The van der Waals surface area contributed by atoms with E-state index in [0.717, 1.165) is 10.9 Å². The van der Waals surface area contributed by atoms with Crippen LogP contribution in [0.2, 0.25) is 0 Å². The van der Waals surface area contributed by atoms with Gasteiger partial charge in [-0.25, -0.2) is 0 Å². The quantitative estimate of drug-likeness (QED) is 0.265. The zero-order chi connectivity index (χ0) is 22.8. The summed E-state index contributed by atoms with van der Waals surface area (Å²) in [7, 11) is 0. The van der Waals surface area contributed by atoms with Gasteiger partial charge in [0.1, 0.15) is 6.61 Å². The molecule has 0 aliphatic heterocycles. The Labute approximate surface area is 192 Å². The minimum absolute atomic E-state index is 0.170. The van der Waals surface area contributed by atoms with Gasteiger partial charge in [0.15, 0.2) is 23.1 Å². The molecule has 1 aliphatic carbocycles. The van der Waals surface area contributed by atoms with Crippen LogP contribution in [0.1, 0.15) is 38.8 Å². The first-order valence-electron chi connectivity index (χ1n) is 10.9. The standard InChI is InChI=1S/C29H22O4/c1-2-32-27-17-19(16-25-28(30)23-9-5-6-10-24(23)29(25)31)12-14-26(27)33-18-20-11-13-21-7-3-4-8-22(21)15-20/h3-17H,2,18H2,1H3. The molecule has 0 unspecified atom stereocenters. The lowest BCUT2D eigenvalue weighted by Crippen LogP contribution is -2.02. The zero-order valence-corrected chi connectivity index (χ0v) is 18.2. The minimum Gasteiger partial charge on any atom is -0.490 e. The molecule has 162 valence electrons. The van der Waals surface area contributed by atoms with Gasteiger partial charge in [-0.15, -0.1) is 0 Å². The van der Waals surface area contributed by atoms with Gasteiger partial charge in [-0.1, -0.05) is 66.7 Å². The van der Waals surface area contributed by atoms with Crippen LogP contribution in [0.4, 0.5) is 0 Å². The van der Waals surface area contributed by atoms with Crippen LogP contribution in [0.15, 0.2) is 90.5 Å². The van der Waals surface area contributed by atoms with Crippen LogP contribution in [0, 0.1) is 0 Å². The number of ketones is 2. The number of Topliss-reactive ketones (excluding diaryl/α,β-unsaturated/α-hetero) is 2. The SMILES string of the molecule is CCOc1cc(C=C2C(=O)c3ccccc3C2=O)ccc1OCc1ccc2ccccc2c1. The van der Waals surface area contributed by atoms with Gasteiger partial charge in [0.2, 0.25) is 0 Å². The van der Waals surface area contributed by atoms with E-state index in [4.69, 9.17) is 9.47 Å². The molecule has 0 N–H and O–H groups in total. The van der Waals surface area contributed by atoms with Gasteiger partial charge >= 0.3 is 0 Å². The summed E-state index contributed by atoms with van der Waals surface area (Å²) in [6.07, 6.45) is 1.63. The van der Waals surface area contributed by atoms with Crippen molar-refractivity contribution in [1.29, 1.82) is 0 Å². The molecule has 0 amide bonds. The van der Waals surface area contributed by atoms with Crippen LogP contribution in [-0.4, -0.2) is 18.2 Å². The molecule has 0 fully saturated rings. The van der Waals surface area contributed by atoms with Crippen molar-refractivity contribution in [2.45, 2.75) is 13.5 Å². The summed E-state index contributed by atoms with van der Waals surface area (Å²) >= 11 is 0. The van der Waals surface area contributed by atoms with E-state index in [2.05, 4.69) is 30.3 Å². The summed E-state index contributed by atoms with van der Waals surface area (Å²) in [5, 5.41) is 2.35. The molecule has 4 aromatic rings. The predicted molar refractivity (Wildman–Crippen MR) is 129 cm³/mol. The molecule has 33 heavy (non-hydrogen) atoms. The van der Waals surface area contributed by atoms with Crippen molar-refractivity contribution < 1.29 is 19.1 Å². The number of allylic oxidation sites excluding steroid dienone is 1. The fourth-order valence-electron chi connectivity index (χ4n) is 4.06. The Bertz CT molecular complexity index is 1380. The molecular weight excluding hydrogens is 412 g/mol. The fourth-order valence-corrected chi connectivity index (χ4v) is 4.06. The highest BCUT2D eigenvalue weighted by Gasteiger charge is 2.32. The Morgan fingerprint density at radius 3 is 2.12 bits per heavy atom. The Hall–Kier alpha value is -4.18. The van der Waals surface area contributed by atoms with E-state index in [1.54, 1.807) is 36.4 Å². The Kier molecular flexibility index (Phi) is 5.49. The second-order valence-corrected chi connectivity index (χ2v) is 7.87. The van der Waals surface area contributed by atoms with E-state index in [9.17, 15) is 9.59 Å². The third-order valence-electron chi connectivity index (χ3n) is 5.69. The first-order chi connectivity index (χ1) is 16.1. The third-order valence-corrected chi connectivity index (χ3v) is 5.69. The third kappa shape index (κ3) is 4.03. The summed E-state index contributed by atoms with van der Waals surface area (Å²) in [5.74, 6) is 0.693. The number of ether oxygens (including phenoxy) is 2. The molecule has 0 aromatic heterocycles. The molecule has 4 heteroatoms. The average Bonchev–Trinajstić information content (AvgIpc) is 3.08. The molecule has 0 heterocycles. The number of hydrogen-bond acceptors (Lipinski definition) is 4. The van der Waals surface area contributed by atoms with Gasteiger partial charge in [-0.2, -0.15) is 0 Å². The monoisotopic (exact) mass is 434 g/mol. The van der Waals surface area contributed by atoms with E-state index in [-0.39, 0.29) is 17.1 Å².